The fourth-order valence-electron chi connectivity index (χ4n) is 2.32. The zero-order chi connectivity index (χ0) is 14.8. The number of anilines is 2. The second-order valence-corrected chi connectivity index (χ2v) is 6.84. The molecule has 112 valence electrons. The summed E-state index contributed by atoms with van der Waals surface area (Å²) in [5.74, 6) is 0.937. The highest BCUT2D eigenvalue weighted by atomic mass is 32.2. The van der Waals surface area contributed by atoms with Crippen LogP contribution in [0.1, 0.15) is 19.8 Å². The summed E-state index contributed by atoms with van der Waals surface area (Å²) < 4.78 is 33.8. The van der Waals surface area contributed by atoms with Crippen molar-refractivity contribution in [1.82, 2.24) is 4.31 Å². The Balaban J connectivity index is 2.19. The third-order valence-electron chi connectivity index (χ3n) is 3.46. The minimum absolute atomic E-state index is 0.350. The normalized spacial score (nSPS) is 20.6. The summed E-state index contributed by atoms with van der Waals surface area (Å²) in [6, 6.07) is 4.89. The molecule has 0 aromatic heterocycles. The highest BCUT2D eigenvalue weighted by Gasteiger charge is 2.27. The Kier molecular flexibility index (Phi) is 4.39. The van der Waals surface area contributed by atoms with E-state index in [0.717, 1.165) is 12.8 Å². The van der Waals surface area contributed by atoms with Gasteiger partial charge in [-0.3, -0.25) is 4.72 Å². The average Bonchev–Trinajstić information content (AvgIpc) is 2.41. The molecule has 6 nitrogen and oxygen atoms in total. The number of benzene rings is 1. The molecule has 1 aromatic carbocycles. The first-order chi connectivity index (χ1) is 9.42. The van der Waals surface area contributed by atoms with Crippen molar-refractivity contribution in [3.8, 4) is 5.75 Å². The van der Waals surface area contributed by atoms with Crippen molar-refractivity contribution in [3.05, 3.63) is 18.2 Å². The number of hydrogen-bond acceptors (Lipinski definition) is 4. The zero-order valence-electron chi connectivity index (χ0n) is 11.8. The number of rotatable bonds is 4. The third kappa shape index (κ3) is 3.34. The number of hydrogen-bond donors (Lipinski definition) is 2. The zero-order valence-corrected chi connectivity index (χ0v) is 12.6. The molecule has 1 atom stereocenters. The van der Waals surface area contributed by atoms with E-state index in [2.05, 4.69) is 11.6 Å². The Hall–Kier alpha value is -1.47. The van der Waals surface area contributed by atoms with Crippen molar-refractivity contribution in [2.75, 3.05) is 30.7 Å². The number of methoxy groups -OCH3 is 1. The minimum Gasteiger partial charge on any atom is -0.497 e. The molecule has 0 saturated carbocycles. The van der Waals surface area contributed by atoms with E-state index < -0.39 is 10.2 Å². The van der Waals surface area contributed by atoms with Crippen LogP contribution in [0.2, 0.25) is 0 Å². The first-order valence-corrected chi connectivity index (χ1v) is 8.08. The van der Waals surface area contributed by atoms with Gasteiger partial charge in [-0.2, -0.15) is 12.7 Å². The van der Waals surface area contributed by atoms with Crippen LogP contribution in [-0.4, -0.2) is 32.9 Å². The standard InChI is InChI=1S/C13H21N3O3S/c1-10-4-3-7-16(9-10)20(17,18)15-13-8-11(19-2)5-6-12(13)14/h5-6,8,10,15H,3-4,7,9,14H2,1-2H3. The van der Waals surface area contributed by atoms with Gasteiger partial charge in [0.2, 0.25) is 0 Å². The van der Waals surface area contributed by atoms with Crippen molar-refractivity contribution in [2.45, 2.75) is 19.8 Å². The smallest absolute Gasteiger partial charge is 0.301 e. The van der Waals surface area contributed by atoms with Gasteiger partial charge in [-0.1, -0.05) is 6.92 Å². The second kappa shape index (κ2) is 5.88. The maximum absolute atomic E-state index is 12.4. The lowest BCUT2D eigenvalue weighted by atomic mass is 10.0. The summed E-state index contributed by atoms with van der Waals surface area (Å²) in [5, 5.41) is 0. The number of ether oxygens (including phenoxy) is 1. The van der Waals surface area contributed by atoms with E-state index in [1.807, 2.05) is 0 Å². The molecule has 2 rings (SSSR count). The lowest BCUT2D eigenvalue weighted by Crippen LogP contribution is -2.42. The van der Waals surface area contributed by atoms with Crippen molar-refractivity contribution in [1.29, 1.82) is 0 Å². The van der Waals surface area contributed by atoms with Gasteiger partial charge < -0.3 is 10.5 Å². The molecule has 1 unspecified atom stereocenters. The fourth-order valence-corrected chi connectivity index (χ4v) is 3.72. The monoisotopic (exact) mass is 299 g/mol. The topological polar surface area (TPSA) is 84.7 Å². The summed E-state index contributed by atoms with van der Waals surface area (Å²) in [5.41, 5.74) is 6.53. The summed E-state index contributed by atoms with van der Waals surface area (Å²) >= 11 is 0. The van der Waals surface area contributed by atoms with Gasteiger partial charge >= 0.3 is 10.2 Å². The van der Waals surface area contributed by atoms with Crippen LogP contribution in [0.5, 0.6) is 5.75 Å². The van der Waals surface area contributed by atoms with Gasteiger partial charge in [0, 0.05) is 19.2 Å². The fraction of sp³-hybridized carbons (Fsp3) is 0.538. The highest BCUT2D eigenvalue weighted by molar-refractivity contribution is 7.90. The second-order valence-electron chi connectivity index (χ2n) is 5.17. The van der Waals surface area contributed by atoms with Crippen LogP contribution in [0.15, 0.2) is 18.2 Å². The molecule has 0 amide bonds. The van der Waals surface area contributed by atoms with Gasteiger partial charge in [0.1, 0.15) is 5.75 Å². The minimum atomic E-state index is -3.57. The van der Waals surface area contributed by atoms with Crippen LogP contribution < -0.4 is 15.2 Å². The molecule has 1 aliphatic heterocycles. The van der Waals surface area contributed by atoms with Crippen LogP contribution in [0.4, 0.5) is 11.4 Å². The van der Waals surface area contributed by atoms with E-state index in [0.29, 0.717) is 36.1 Å². The molecule has 0 bridgehead atoms. The van der Waals surface area contributed by atoms with E-state index in [1.165, 1.54) is 11.4 Å². The van der Waals surface area contributed by atoms with Gasteiger partial charge in [0.05, 0.1) is 18.5 Å². The number of piperidine rings is 1. The van der Waals surface area contributed by atoms with Gasteiger partial charge in [-0.15, -0.1) is 0 Å². The maximum Gasteiger partial charge on any atom is 0.301 e. The van der Waals surface area contributed by atoms with Crippen LogP contribution in [0.3, 0.4) is 0 Å². The predicted octanol–water partition coefficient (Wildman–Crippen LogP) is 1.67. The van der Waals surface area contributed by atoms with Gasteiger partial charge in [0.25, 0.3) is 0 Å². The Morgan fingerprint density at radius 3 is 2.85 bits per heavy atom. The summed E-state index contributed by atoms with van der Waals surface area (Å²) in [7, 11) is -2.05. The first kappa shape index (κ1) is 14.9. The maximum atomic E-state index is 12.4. The molecule has 1 aromatic rings. The van der Waals surface area contributed by atoms with Crippen LogP contribution in [-0.2, 0) is 10.2 Å². The van der Waals surface area contributed by atoms with E-state index in [9.17, 15) is 8.42 Å². The van der Waals surface area contributed by atoms with Crippen molar-refractivity contribution < 1.29 is 13.2 Å². The molecule has 0 spiro atoms. The Morgan fingerprint density at radius 2 is 2.20 bits per heavy atom. The summed E-state index contributed by atoms with van der Waals surface area (Å²) in [4.78, 5) is 0. The highest BCUT2D eigenvalue weighted by Crippen LogP contribution is 2.27. The molecule has 0 radical (unpaired) electrons. The first-order valence-electron chi connectivity index (χ1n) is 6.64. The summed E-state index contributed by atoms with van der Waals surface area (Å²) in [6.45, 7) is 3.14. The predicted molar refractivity (Wildman–Crippen MR) is 79.9 cm³/mol. The van der Waals surface area contributed by atoms with Crippen molar-refractivity contribution in [3.63, 3.8) is 0 Å². The van der Waals surface area contributed by atoms with E-state index in [1.54, 1.807) is 18.2 Å². The lowest BCUT2D eigenvalue weighted by molar-refractivity contribution is 0.282. The van der Waals surface area contributed by atoms with Crippen LogP contribution >= 0.6 is 0 Å². The largest absolute Gasteiger partial charge is 0.497 e. The Morgan fingerprint density at radius 1 is 1.45 bits per heavy atom. The number of nitrogens with zero attached hydrogens (tertiary/aromatic N) is 1. The van der Waals surface area contributed by atoms with Crippen LogP contribution in [0, 0.1) is 5.92 Å². The molecular weight excluding hydrogens is 278 g/mol. The SMILES string of the molecule is COc1ccc(N)c(NS(=O)(=O)N2CCCC(C)C2)c1. The molecule has 1 heterocycles. The molecule has 0 aliphatic carbocycles. The molecule has 20 heavy (non-hydrogen) atoms. The van der Waals surface area contributed by atoms with Gasteiger partial charge in [-0.05, 0) is 30.9 Å². The third-order valence-corrected chi connectivity index (χ3v) is 4.95. The van der Waals surface area contributed by atoms with Gasteiger partial charge in [-0.25, -0.2) is 0 Å². The average molecular weight is 299 g/mol. The molecule has 7 heteroatoms. The van der Waals surface area contributed by atoms with E-state index in [-0.39, 0.29) is 0 Å². The van der Waals surface area contributed by atoms with Crippen LogP contribution in [0.25, 0.3) is 0 Å². The number of nitrogens with one attached hydrogen (secondary N) is 1. The Bertz CT molecular complexity index is 574. The van der Waals surface area contributed by atoms with Gasteiger partial charge in [0.15, 0.2) is 0 Å². The molecule has 1 saturated heterocycles. The molecule has 3 N–H and O–H groups in total. The molecular formula is C13H21N3O3S. The molecule has 1 aliphatic rings. The Labute approximate surface area is 120 Å². The van der Waals surface area contributed by atoms with E-state index in [4.69, 9.17) is 10.5 Å². The number of nitrogen functional groups attached to an aromatic ring is 1. The van der Waals surface area contributed by atoms with Crippen molar-refractivity contribution in [2.24, 2.45) is 5.92 Å². The van der Waals surface area contributed by atoms with Crippen molar-refractivity contribution >= 4 is 21.6 Å². The quantitative estimate of drug-likeness (QED) is 0.828. The molecule has 1 fully saturated rings. The summed E-state index contributed by atoms with van der Waals surface area (Å²) in [6.07, 6.45) is 1.95. The van der Waals surface area contributed by atoms with E-state index >= 15 is 0 Å². The number of nitrogens with two attached hydrogens (primary N) is 1. The lowest BCUT2D eigenvalue weighted by Gasteiger charge is -2.30.